The van der Waals surface area contributed by atoms with E-state index in [4.69, 9.17) is 0 Å². The van der Waals surface area contributed by atoms with Crippen LogP contribution in [0.1, 0.15) is 15.9 Å². The van der Waals surface area contributed by atoms with Crippen LogP contribution in [0.15, 0.2) is 44.5 Å². The second-order valence-electron chi connectivity index (χ2n) is 4.52. The van der Waals surface area contributed by atoms with E-state index in [1.165, 1.54) is 24.4 Å². The number of nitrogens with one attached hydrogen (secondary N) is 2. The van der Waals surface area contributed by atoms with Crippen molar-refractivity contribution in [3.63, 3.8) is 0 Å². The summed E-state index contributed by atoms with van der Waals surface area (Å²) in [5.74, 6) is -0.664. The van der Waals surface area contributed by atoms with E-state index in [2.05, 4.69) is 30.9 Å². The normalized spacial score (nSPS) is 10.8. The van der Waals surface area contributed by atoms with Crippen molar-refractivity contribution < 1.29 is 9.90 Å². The van der Waals surface area contributed by atoms with Crippen LogP contribution in [0.2, 0.25) is 0 Å². The van der Waals surface area contributed by atoms with Gasteiger partial charge in [0.05, 0.1) is 10.9 Å². The molecule has 0 amide bonds. The average molecular weight is 362 g/mol. The maximum atomic E-state index is 12.4. The third-order valence-corrected chi connectivity index (χ3v) is 3.55. The Morgan fingerprint density at radius 2 is 1.95 bits per heavy atom. The minimum absolute atomic E-state index is 0.0800. The number of benzene rings is 1. The fourth-order valence-corrected chi connectivity index (χ4v) is 2.38. The highest BCUT2D eigenvalue weighted by Gasteiger charge is 2.16. The number of fused-ring (bicyclic) bond motifs is 1. The molecule has 0 saturated carbocycles. The van der Waals surface area contributed by atoms with E-state index >= 15 is 0 Å². The zero-order valence-corrected chi connectivity index (χ0v) is 12.5. The summed E-state index contributed by atoms with van der Waals surface area (Å²) in [7, 11) is 0. The van der Waals surface area contributed by atoms with Crippen molar-refractivity contribution in [2.75, 3.05) is 0 Å². The molecular weight excluding hydrogens is 354 g/mol. The predicted octanol–water partition coefficient (Wildman–Crippen LogP) is 1.31. The lowest BCUT2D eigenvalue weighted by atomic mass is 10.0. The second kappa shape index (κ2) is 5.23. The lowest BCUT2D eigenvalue weighted by Crippen LogP contribution is -2.22. The molecule has 8 heteroatoms. The number of halogens is 1. The van der Waals surface area contributed by atoms with Gasteiger partial charge in [-0.15, -0.1) is 0 Å². The molecule has 0 aliphatic heterocycles. The topological polar surface area (TPSA) is 116 Å². The lowest BCUT2D eigenvalue weighted by molar-refractivity contribution is 0.103. The van der Waals surface area contributed by atoms with Gasteiger partial charge in [-0.2, -0.15) is 0 Å². The van der Waals surface area contributed by atoms with Gasteiger partial charge in [-0.1, -0.05) is 15.9 Å². The van der Waals surface area contributed by atoms with Crippen LogP contribution in [-0.4, -0.2) is 25.8 Å². The highest BCUT2D eigenvalue weighted by Crippen LogP contribution is 2.24. The number of phenolic OH excluding ortho intramolecular Hbond substituents is 1. The number of hydrogen-bond acceptors (Lipinski definition) is 5. The van der Waals surface area contributed by atoms with E-state index in [1.807, 2.05) is 0 Å². The minimum Gasteiger partial charge on any atom is -0.507 e. The monoisotopic (exact) mass is 361 g/mol. The van der Waals surface area contributed by atoms with Crippen LogP contribution in [0.3, 0.4) is 0 Å². The molecule has 0 atom stereocenters. The van der Waals surface area contributed by atoms with Gasteiger partial charge >= 0.3 is 5.69 Å². The van der Waals surface area contributed by atoms with Gasteiger partial charge in [-0.05, 0) is 24.3 Å². The summed E-state index contributed by atoms with van der Waals surface area (Å²) in [6.07, 6.45) is 1.24. The van der Waals surface area contributed by atoms with Gasteiger partial charge < -0.3 is 5.11 Å². The SMILES string of the molecule is O=C(c1cnc2[nH]c(=O)[nH]c(=O)c2c1)c1cc(Br)ccc1O. The molecule has 0 aliphatic carbocycles. The van der Waals surface area contributed by atoms with E-state index in [9.17, 15) is 19.5 Å². The van der Waals surface area contributed by atoms with Crippen molar-refractivity contribution in [2.24, 2.45) is 0 Å². The summed E-state index contributed by atoms with van der Waals surface area (Å²) in [5, 5.41) is 9.88. The lowest BCUT2D eigenvalue weighted by Gasteiger charge is -2.05. The Morgan fingerprint density at radius 1 is 1.18 bits per heavy atom. The summed E-state index contributed by atoms with van der Waals surface area (Å²) >= 11 is 3.22. The van der Waals surface area contributed by atoms with Crippen LogP contribution in [0.25, 0.3) is 11.0 Å². The van der Waals surface area contributed by atoms with Crippen LogP contribution >= 0.6 is 15.9 Å². The van der Waals surface area contributed by atoms with Gasteiger partial charge in [-0.3, -0.25) is 19.6 Å². The number of phenols is 1. The van der Waals surface area contributed by atoms with Gasteiger partial charge in [0.25, 0.3) is 5.56 Å². The Bertz CT molecular complexity index is 1020. The fourth-order valence-electron chi connectivity index (χ4n) is 2.02. The molecule has 3 N–H and O–H groups in total. The number of aromatic nitrogens is 3. The molecule has 0 radical (unpaired) electrons. The molecule has 0 fully saturated rings. The number of carbonyl (C=O) groups is 1. The minimum atomic E-state index is -0.672. The molecule has 110 valence electrons. The number of aromatic hydroxyl groups is 1. The number of nitrogens with zero attached hydrogens (tertiary/aromatic N) is 1. The highest BCUT2D eigenvalue weighted by atomic mass is 79.9. The Morgan fingerprint density at radius 3 is 2.73 bits per heavy atom. The number of pyridine rings is 1. The van der Waals surface area contributed by atoms with Crippen molar-refractivity contribution in [3.8, 4) is 5.75 Å². The quantitative estimate of drug-likeness (QED) is 0.595. The first-order valence-electron chi connectivity index (χ1n) is 6.11. The number of carbonyl (C=O) groups excluding carboxylic acids is 1. The van der Waals surface area contributed by atoms with Gasteiger partial charge in [0, 0.05) is 16.2 Å². The van der Waals surface area contributed by atoms with E-state index < -0.39 is 17.0 Å². The van der Waals surface area contributed by atoms with E-state index in [1.54, 1.807) is 6.07 Å². The molecule has 3 rings (SSSR count). The Kier molecular flexibility index (Phi) is 3.38. The molecule has 2 aromatic heterocycles. The van der Waals surface area contributed by atoms with Crippen LogP contribution in [0.4, 0.5) is 0 Å². The van der Waals surface area contributed by atoms with Crippen molar-refractivity contribution in [2.45, 2.75) is 0 Å². The first kappa shape index (κ1) is 14.2. The van der Waals surface area contributed by atoms with Crippen molar-refractivity contribution in [1.29, 1.82) is 0 Å². The number of ketones is 1. The summed E-state index contributed by atoms with van der Waals surface area (Å²) < 4.78 is 0.629. The third-order valence-electron chi connectivity index (χ3n) is 3.06. The van der Waals surface area contributed by atoms with Gasteiger partial charge in [0.15, 0.2) is 5.78 Å². The van der Waals surface area contributed by atoms with Gasteiger partial charge in [0.2, 0.25) is 0 Å². The van der Waals surface area contributed by atoms with Gasteiger partial charge in [0.1, 0.15) is 11.4 Å². The first-order valence-corrected chi connectivity index (χ1v) is 6.90. The van der Waals surface area contributed by atoms with Crippen LogP contribution in [-0.2, 0) is 0 Å². The number of hydrogen-bond donors (Lipinski definition) is 3. The fraction of sp³-hybridized carbons (Fsp3) is 0. The molecule has 2 heterocycles. The average Bonchev–Trinajstić information content (AvgIpc) is 2.48. The van der Waals surface area contributed by atoms with Gasteiger partial charge in [-0.25, -0.2) is 9.78 Å². The van der Waals surface area contributed by atoms with E-state index in [0.717, 1.165) is 0 Å². The smallest absolute Gasteiger partial charge is 0.327 e. The number of rotatable bonds is 2. The van der Waals surface area contributed by atoms with Crippen molar-refractivity contribution in [3.05, 3.63) is 66.9 Å². The van der Waals surface area contributed by atoms with E-state index in [0.29, 0.717) is 4.47 Å². The van der Waals surface area contributed by atoms with Crippen LogP contribution < -0.4 is 11.2 Å². The predicted molar refractivity (Wildman–Crippen MR) is 82.2 cm³/mol. The largest absolute Gasteiger partial charge is 0.507 e. The van der Waals surface area contributed by atoms with Crippen molar-refractivity contribution >= 4 is 32.7 Å². The maximum absolute atomic E-state index is 12.4. The molecule has 0 bridgehead atoms. The Hall–Kier alpha value is -2.74. The maximum Gasteiger partial charge on any atom is 0.327 e. The summed E-state index contributed by atoms with van der Waals surface area (Å²) in [4.78, 5) is 43.7. The molecule has 0 aliphatic rings. The zero-order chi connectivity index (χ0) is 15.9. The molecule has 0 unspecified atom stereocenters. The molecule has 0 spiro atoms. The van der Waals surface area contributed by atoms with Crippen molar-refractivity contribution in [1.82, 2.24) is 15.0 Å². The summed E-state index contributed by atoms with van der Waals surface area (Å²) in [5.41, 5.74) is -1.02. The summed E-state index contributed by atoms with van der Waals surface area (Å²) in [6, 6.07) is 5.77. The molecule has 22 heavy (non-hydrogen) atoms. The third kappa shape index (κ3) is 2.44. The first-order chi connectivity index (χ1) is 10.5. The van der Waals surface area contributed by atoms with E-state index in [-0.39, 0.29) is 27.9 Å². The highest BCUT2D eigenvalue weighted by molar-refractivity contribution is 9.10. The Balaban J connectivity index is 2.18. The zero-order valence-electron chi connectivity index (χ0n) is 10.9. The molecule has 7 nitrogen and oxygen atoms in total. The molecular formula is C14H8BrN3O4. The number of H-pyrrole nitrogens is 2. The molecule has 3 aromatic rings. The molecule has 0 saturated heterocycles. The second-order valence-corrected chi connectivity index (χ2v) is 5.43. The standard InChI is InChI=1S/C14H8BrN3O4/c15-7-1-2-10(19)8(4-7)11(20)6-3-9-12(16-5-6)17-14(22)18-13(9)21/h1-5,19H,(H2,16,17,18,21,22). The Labute approximate surface area is 130 Å². The van der Waals surface area contributed by atoms with Crippen LogP contribution in [0, 0.1) is 0 Å². The summed E-state index contributed by atoms with van der Waals surface area (Å²) in [6.45, 7) is 0. The van der Waals surface area contributed by atoms with Crippen LogP contribution in [0.5, 0.6) is 5.75 Å². The number of aromatic amines is 2. The molecule has 1 aromatic carbocycles.